The van der Waals surface area contributed by atoms with Gasteiger partial charge in [0.25, 0.3) is 5.91 Å². The standard InChI is InChI=1S/C31H28N2O3S/c1-20(30(34)33-16-15-21-8-2-3-9-23(21)19-33)36-31(35)28-25-12-4-5-14-27(25)32-29-22(10-6-13-26(28)29)18-24-11-7-17-37-24/h2-5,7-9,11-12,14,17-18,20H,6,10,13,15-16,19H2,1H3/b22-18+/t20-/m0/s1. The number of fused-ring (bicyclic) bond motifs is 3. The zero-order valence-electron chi connectivity index (χ0n) is 20.8. The molecule has 2 aliphatic rings. The van der Waals surface area contributed by atoms with E-state index in [1.807, 2.05) is 42.5 Å². The van der Waals surface area contributed by atoms with E-state index in [0.29, 0.717) is 18.7 Å². The van der Waals surface area contributed by atoms with Gasteiger partial charge in [-0.3, -0.25) is 4.79 Å². The third kappa shape index (κ3) is 4.58. The molecule has 1 aliphatic heterocycles. The summed E-state index contributed by atoms with van der Waals surface area (Å²) in [6, 6.07) is 20.0. The van der Waals surface area contributed by atoms with Crippen molar-refractivity contribution in [1.82, 2.24) is 9.88 Å². The lowest BCUT2D eigenvalue weighted by Gasteiger charge is -2.31. The fourth-order valence-corrected chi connectivity index (χ4v) is 6.15. The number of nitrogens with zero attached hydrogens (tertiary/aromatic N) is 2. The van der Waals surface area contributed by atoms with Crippen LogP contribution in [0, 0.1) is 0 Å². The van der Waals surface area contributed by atoms with Crippen molar-refractivity contribution < 1.29 is 14.3 Å². The Labute approximate surface area is 220 Å². The van der Waals surface area contributed by atoms with Gasteiger partial charge in [-0.2, -0.15) is 0 Å². The van der Waals surface area contributed by atoms with E-state index in [9.17, 15) is 9.59 Å². The third-order valence-corrected chi connectivity index (χ3v) is 8.13. The Bertz CT molecular complexity index is 1520. The van der Waals surface area contributed by atoms with Crippen LogP contribution in [0.5, 0.6) is 0 Å². The summed E-state index contributed by atoms with van der Waals surface area (Å²) < 4.78 is 5.88. The maximum absolute atomic E-state index is 13.7. The van der Waals surface area contributed by atoms with Gasteiger partial charge in [0.05, 0.1) is 16.8 Å². The maximum atomic E-state index is 13.7. The molecular formula is C31H28N2O3S. The highest BCUT2D eigenvalue weighted by Crippen LogP contribution is 2.37. The number of hydrogen-bond donors (Lipinski definition) is 0. The van der Waals surface area contributed by atoms with E-state index in [4.69, 9.17) is 9.72 Å². The second-order valence-corrected chi connectivity index (χ2v) is 10.7. The number of allylic oxidation sites excluding steroid dienone is 1. The highest BCUT2D eigenvalue weighted by Gasteiger charge is 2.30. The quantitative estimate of drug-likeness (QED) is 0.304. The molecular weight excluding hydrogens is 480 g/mol. The fourth-order valence-electron chi connectivity index (χ4n) is 5.46. The lowest BCUT2D eigenvalue weighted by Crippen LogP contribution is -2.42. The van der Waals surface area contributed by atoms with Crippen LogP contribution in [0.1, 0.15) is 57.4 Å². The molecule has 1 aliphatic carbocycles. The van der Waals surface area contributed by atoms with Crippen LogP contribution in [0.3, 0.4) is 0 Å². The Kier molecular flexibility index (Phi) is 6.35. The molecule has 3 heterocycles. The van der Waals surface area contributed by atoms with Crippen LogP contribution in [-0.2, 0) is 28.9 Å². The first kappa shape index (κ1) is 23.6. The summed E-state index contributed by atoms with van der Waals surface area (Å²) in [7, 11) is 0. The van der Waals surface area contributed by atoms with Crippen molar-refractivity contribution in [2.75, 3.05) is 6.54 Å². The monoisotopic (exact) mass is 508 g/mol. The molecule has 2 aromatic carbocycles. The van der Waals surface area contributed by atoms with Crippen molar-refractivity contribution in [3.05, 3.63) is 98.9 Å². The summed E-state index contributed by atoms with van der Waals surface area (Å²) in [6.07, 6.45) is 4.72. The van der Waals surface area contributed by atoms with Crippen LogP contribution in [0.15, 0.2) is 66.0 Å². The van der Waals surface area contributed by atoms with Crippen molar-refractivity contribution >= 4 is 45.8 Å². The first-order valence-corrected chi connectivity index (χ1v) is 13.7. The summed E-state index contributed by atoms with van der Waals surface area (Å²) in [5, 5.41) is 2.83. The molecule has 37 heavy (non-hydrogen) atoms. The zero-order chi connectivity index (χ0) is 25.4. The van der Waals surface area contributed by atoms with Crippen LogP contribution >= 0.6 is 11.3 Å². The third-order valence-electron chi connectivity index (χ3n) is 7.31. The number of amides is 1. The van der Waals surface area contributed by atoms with Gasteiger partial charge in [-0.05, 0) is 78.5 Å². The lowest BCUT2D eigenvalue weighted by molar-refractivity contribution is -0.140. The Hall–Kier alpha value is -3.77. The van der Waals surface area contributed by atoms with Crippen molar-refractivity contribution in [1.29, 1.82) is 0 Å². The van der Waals surface area contributed by atoms with Gasteiger partial charge in [0.1, 0.15) is 0 Å². The molecule has 0 bridgehead atoms. The Morgan fingerprint density at radius 2 is 1.81 bits per heavy atom. The van der Waals surface area contributed by atoms with E-state index in [0.717, 1.165) is 59.0 Å². The van der Waals surface area contributed by atoms with Crippen LogP contribution in [-0.4, -0.2) is 34.4 Å². The molecule has 4 aromatic rings. The van der Waals surface area contributed by atoms with E-state index >= 15 is 0 Å². The number of carbonyl (C=O) groups is 2. The highest BCUT2D eigenvalue weighted by atomic mass is 32.1. The number of esters is 1. The van der Waals surface area contributed by atoms with E-state index in [1.165, 1.54) is 10.4 Å². The molecule has 6 heteroatoms. The molecule has 5 nitrogen and oxygen atoms in total. The summed E-state index contributed by atoms with van der Waals surface area (Å²) in [4.78, 5) is 34.9. The summed E-state index contributed by atoms with van der Waals surface area (Å²) in [5.74, 6) is -0.612. The van der Waals surface area contributed by atoms with Gasteiger partial charge < -0.3 is 9.64 Å². The Balaban J connectivity index is 1.31. The second-order valence-electron chi connectivity index (χ2n) is 9.70. The van der Waals surface area contributed by atoms with Crippen LogP contribution in [0.25, 0.3) is 22.6 Å². The van der Waals surface area contributed by atoms with Crippen molar-refractivity contribution in [3.63, 3.8) is 0 Å². The van der Waals surface area contributed by atoms with E-state index in [2.05, 4.69) is 29.7 Å². The number of carbonyl (C=O) groups excluding carboxylic acids is 2. The first-order chi connectivity index (χ1) is 18.1. The molecule has 0 unspecified atom stereocenters. The molecule has 186 valence electrons. The van der Waals surface area contributed by atoms with Gasteiger partial charge in [0.2, 0.25) is 0 Å². The number of pyridine rings is 1. The van der Waals surface area contributed by atoms with E-state index in [-0.39, 0.29) is 5.91 Å². The average Bonchev–Trinajstić information content (AvgIpc) is 3.44. The summed E-state index contributed by atoms with van der Waals surface area (Å²) in [6.45, 7) is 2.85. The lowest BCUT2D eigenvalue weighted by atomic mass is 9.86. The number of benzene rings is 2. The van der Waals surface area contributed by atoms with Crippen molar-refractivity contribution in [3.8, 4) is 0 Å². The largest absolute Gasteiger partial charge is 0.449 e. The molecule has 0 spiro atoms. The topological polar surface area (TPSA) is 59.5 Å². The molecule has 0 saturated heterocycles. The Morgan fingerprint density at radius 3 is 2.65 bits per heavy atom. The minimum atomic E-state index is -0.870. The van der Waals surface area contributed by atoms with Gasteiger partial charge in [0, 0.05) is 23.4 Å². The zero-order valence-corrected chi connectivity index (χ0v) is 21.6. The number of ether oxygens (including phenoxy) is 1. The average molecular weight is 509 g/mol. The molecule has 1 atom stereocenters. The molecule has 0 saturated carbocycles. The van der Waals surface area contributed by atoms with Gasteiger partial charge in [-0.1, -0.05) is 48.5 Å². The molecule has 1 amide bonds. The van der Waals surface area contributed by atoms with Gasteiger partial charge in [0.15, 0.2) is 6.10 Å². The minimum Gasteiger partial charge on any atom is -0.449 e. The maximum Gasteiger partial charge on any atom is 0.339 e. The minimum absolute atomic E-state index is 0.159. The molecule has 0 radical (unpaired) electrons. The van der Waals surface area contributed by atoms with Crippen molar-refractivity contribution in [2.45, 2.75) is 45.3 Å². The fraction of sp³-hybridized carbons (Fsp3) is 0.258. The molecule has 0 N–H and O–H groups in total. The summed E-state index contributed by atoms with van der Waals surface area (Å²) >= 11 is 1.69. The number of hydrogen-bond acceptors (Lipinski definition) is 5. The number of para-hydroxylation sites is 1. The predicted octanol–water partition coefficient (Wildman–Crippen LogP) is 6.30. The van der Waals surface area contributed by atoms with E-state index < -0.39 is 12.1 Å². The predicted molar refractivity (Wildman–Crippen MR) is 147 cm³/mol. The second kappa shape index (κ2) is 9.94. The normalized spacial score (nSPS) is 16.8. The van der Waals surface area contributed by atoms with Crippen LogP contribution < -0.4 is 0 Å². The van der Waals surface area contributed by atoms with Crippen LogP contribution in [0.2, 0.25) is 0 Å². The smallest absolute Gasteiger partial charge is 0.339 e. The van der Waals surface area contributed by atoms with Gasteiger partial charge in [-0.25, -0.2) is 9.78 Å². The molecule has 6 rings (SSSR count). The van der Waals surface area contributed by atoms with Gasteiger partial charge >= 0.3 is 5.97 Å². The SMILES string of the molecule is C[C@H](OC(=O)c1c2c(nc3ccccc13)/C(=C/c1cccs1)CCC2)C(=O)N1CCc2ccccc2C1. The van der Waals surface area contributed by atoms with E-state index in [1.54, 1.807) is 23.2 Å². The Morgan fingerprint density at radius 1 is 1.00 bits per heavy atom. The summed E-state index contributed by atoms with van der Waals surface area (Å²) in [5.41, 5.74) is 6.66. The van der Waals surface area contributed by atoms with Crippen molar-refractivity contribution in [2.24, 2.45) is 0 Å². The first-order valence-electron chi connectivity index (χ1n) is 12.8. The highest BCUT2D eigenvalue weighted by molar-refractivity contribution is 7.10. The van der Waals surface area contributed by atoms with Crippen LogP contribution in [0.4, 0.5) is 0 Å². The number of thiophene rings is 1. The molecule has 2 aromatic heterocycles. The van der Waals surface area contributed by atoms with Gasteiger partial charge in [-0.15, -0.1) is 11.3 Å². The molecule has 0 fully saturated rings. The number of aromatic nitrogens is 1. The number of rotatable bonds is 4.